The number of fused-ring (bicyclic) bond motifs is 2. The molecule has 2 aliphatic rings. The lowest BCUT2D eigenvalue weighted by Crippen LogP contribution is -2.52. The molecule has 0 spiro atoms. The molecule has 2 aromatic carbocycles. The van der Waals surface area contributed by atoms with Crippen LogP contribution in [-0.4, -0.2) is 75.1 Å². The van der Waals surface area contributed by atoms with E-state index in [2.05, 4.69) is 9.97 Å². The van der Waals surface area contributed by atoms with Crippen LogP contribution in [0.25, 0.3) is 11.0 Å². The van der Waals surface area contributed by atoms with Gasteiger partial charge in [-0.15, -0.1) is 4.58 Å². The van der Waals surface area contributed by atoms with Gasteiger partial charge in [-0.3, -0.25) is 4.79 Å². The first-order valence-corrected chi connectivity index (χ1v) is 13.6. The Morgan fingerprint density at radius 2 is 2.03 bits per heavy atom. The first-order valence-electron chi connectivity index (χ1n) is 13.6. The van der Waals surface area contributed by atoms with Crippen LogP contribution >= 0.6 is 0 Å². The van der Waals surface area contributed by atoms with Gasteiger partial charge in [-0.1, -0.05) is 18.2 Å². The molecule has 1 fully saturated rings. The highest BCUT2D eigenvalue weighted by Crippen LogP contribution is 2.33. The third-order valence-electron chi connectivity index (χ3n) is 7.37. The van der Waals surface area contributed by atoms with Crippen molar-refractivity contribution in [3.05, 3.63) is 65.2 Å². The van der Waals surface area contributed by atoms with Gasteiger partial charge in [0.25, 0.3) is 5.91 Å². The summed E-state index contributed by atoms with van der Waals surface area (Å²) in [6, 6.07) is 11.8. The van der Waals surface area contributed by atoms with Crippen LogP contribution in [0.4, 0.5) is 9.18 Å². The average molecular weight is 536 g/mol. The number of H-pyrrole nitrogens is 1. The van der Waals surface area contributed by atoms with Gasteiger partial charge in [-0.05, 0) is 75.9 Å². The predicted molar refractivity (Wildman–Crippen MR) is 146 cm³/mol. The number of hydrogen-bond acceptors (Lipinski definition) is 5. The molecular weight excluding hydrogens is 499 g/mol. The Bertz CT molecular complexity index is 1380. The molecule has 1 aliphatic heterocycles. The number of para-hydroxylation sites is 2. The van der Waals surface area contributed by atoms with Crippen LogP contribution < -0.4 is 0 Å². The number of carbonyl (C=O) groups is 2. The maximum atomic E-state index is 13.8. The number of imidazole rings is 1. The third kappa shape index (κ3) is 5.88. The first kappa shape index (κ1) is 27.0. The highest BCUT2D eigenvalue weighted by atomic mass is 19.1. The second-order valence-corrected chi connectivity index (χ2v) is 11.3. The van der Waals surface area contributed by atoms with Crippen molar-refractivity contribution in [2.24, 2.45) is 0 Å². The molecule has 2 heterocycles. The Balaban J connectivity index is 1.41. The topological polar surface area (TPSA) is 87.5 Å². The summed E-state index contributed by atoms with van der Waals surface area (Å²) in [4.78, 5) is 36.4. The lowest BCUT2D eigenvalue weighted by atomic mass is 10.0. The van der Waals surface area contributed by atoms with Gasteiger partial charge in [0.1, 0.15) is 18.0 Å². The van der Waals surface area contributed by atoms with Crippen LogP contribution in [0.5, 0.6) is 0 Å². The Labute approximate surface area is 227 Å². The van der Waals surface area contributed by atoms with Crippen LogP contribution in [0, 0.1) is 5.82 Å². The molecule has 206 valence electrons. The van der Waals surface area contributed by atoms with Gasteiger partial charge in [-0.25, -0.2) is 9.37 Å². The normalized spacial score (nSPS) is 21.6. The van der Waals surface area contributed by atoms with E-state index in [1.165, 1.54) is 6.07 Å². The lowest BCUT2D eigenvalue weighted by Gasteiger charge is -2.35. The number of hydrogen-bond donors (Lipinski definition) is 1. The van der Waals surface area contributed by atoms with Crippen molar-refractivity contribution in [3.8, 4) is 0 Å². The number of benzene rings is 2. The highest BCUT2D eigenvalue weighted by Gasteiger charge is 2.41. The number of aromatic nitrogens is 2. The zero-order chi connectivity index (χ0) is 27.7. The van der Waals surface area contributed by atoms with Crippen molar-refractivity contribution in [1.29, 1.82) is 0 Å². The fourth-order valence-electron chi connectivity index (χ4n) is 5.57. The number of likely N-dealkylation sites (N-methyl/N-ethyl adjacent to an activating group) is 1. The molecule has 3 atom stereocenters. The summed E-state index contributed by atoms with van der Waals surface area (Å²) in [5.41, 5.74) is 2.84. The smallest absolute Gasteiger partial charge is 0.406 e. The molecule has 0 radical (unpaired) electrons. The molecule has 39 heavy (non-hydrogen) atoms. The van der Waals surface area contributed by atoms with Gasteiger partial charge >= 0.3 is 6.09 Å². The van der Waals surface area contributed by atoms with E-state index in [4.69, 9.17) is 9.47 Å². The molecule has 1 aromatic heterocycles. The monoisotopic (exact) mass is 535 g/mol. The molecule has 2 unspecified atom stereocenters. The number of aryl methyl sites for hydroxylation is 1. The van der Waals surface area contributed by atoms with Crippen molar-refractivity contribution in [3.63, 3.8) is 0 Å². The molecule has 0 saturated carbocycles. The minimum absolute atomic E-state index is 0.0482. The Morgan fingerprint density at radius 3 is 2.77 bits per heavy atom. The first-order chi connectivity index (χ1) is 18.6. The highest BCUT2D eigenvalue weighted by molar-refractivity contribution is 5.94. The second kappa shape index (κ2) is 10.9. The quantitative estimate of drug-likeness (QED) is 0.364. The fourth-order valence-corrected chi connectivity index (χ4v) is 5.57. The molecule has 5 rings (SSSR count). The van der Waals surface area contributed by atoms with Gasteiger partial charge in [0, 0.05) is 13.0 Å². The Kier molecular flexibility index (Phi) is 7.53. The third-order valence-corrected chi connectivity index (χ3v) is 7.37. The number of aromatic amines is 1. The summed E-state index contributed by atoms with van der Waals surface area (Å²) in [6.45, 7) is 8.59. The number of rotatable bonds is 5. The van der Waals surface area contributed by atoms with Crippen LogP contribution in [0.15, 0.2) is 42.5 Å². The molecule has 1 N–H and O–H groups in total. The molecule has 1 saturated heterocycles. The number of nitrogens with one attached hydrogen (secondary N) is 1. The average Bonchev–Trinajstić information content (AvgIpc) is 3.50. The summed E-state index contributed by atoms with van der Waals surface area (Å²) < 4.78 is 27.2. The number of ether oxygens (including phenoxy) is 2. The number of amides is 2. The minimum Gasteiger partial charge on any atom is -0.406 e. The molecule has 3 aromatic rings. The summed E-state index contributed by atoms with van der Waals surface area (Å²) >= 11 is 0. The van der Waals surface area contributed by atoms with E-state index in [0.29, 0.717) is 26.2 Å². The summed E-state index contributed by atoms with van der Waals surface area (Å²) in [5, 5.41) is 0. The number of carbonyl (C=O) groups excluding carboxylic acids is 2. The van der Waals surface area contributed by atoms with E-state index in [1.54, 1.807) is 21.6 Å². The van der Waals surface area contributed by atoms with E-state index in [-0.39, 0.29) is 35.6 Å². The molecule has 1 aliphatic carbocycles. The van der Waals surface area contributed by atoms with Crippen molar-refractivity contribution in [2.75, 3.05) is 19.8 Å². The maximum Gasteiger partial charge on any atom is 0.596 e. The zero-order valence-corrected chi connectivity index (χ0v) is 22.9. The second-order valence-electron chi connectivity index (χ2n) is 11.3. The van der Waals surface area contributed by atoms with Crippen molar-refractivity contribution < 1.29 is 28.0 Å². The SMILES string of the molecule is CCN(C(=O)c1nc2ccccc2[nH]1)C1COC[C@@H](/[N+](=C/C2CCc3cc(F)ccc32)C(=O)OC(C)(C)C)C1. The minimum atomic E-state index is -0.679. The molecule has 2 amide bonds. The van der Waals surface area contributed by atoms with Gasteiger partial charge in [0.2, 0.25) is 0 Å². The molecule has 0 bridgehead atoms. The zero-order valence-electron chi connectivity index (χ0n) is 22.9. The Morgan fingerprint density at radius 1 is 1.23 bits per heavy atom. The predicted octanol–water partition coefficient (Wildman–Crippen LogP) is 5.07. The van der Waals surface area contributed by atoms with Crippen LogP contribution in [0.1, 0.15) is 68.2 Å². The van der Waals surface area contributed by atoms with Crippen LogP contribution in [0.2, 0.25) is 0 Å². The summed E-state index contributed by atoms with van der Waals surface area (Å²) in [7, 11) is 0. The Hall–Kier alpha value is -3.59. The lowest BCUT2D eigenvalue weighted by molar-refractivity contribution is -0.499. The molecular formula is C30H36FN4O4+. The summed E-state index contributed by atoms with van der Waals surface area (Å²) in [5.74, 6) is -0.225. The number of nitrogens with zero attached hydrogens (tertiary/aromatic N) is 3. The molecule has 8 nitrogen and oxygen atoms in total. The van der Waals surface area contributed by atoms with E-state index in [1.807, 2.05) is 58.2 Å². The van der Waals surface area contributed by atoms with Gasteiger partial charge in [-0.2, -0.15) is 4.79 Å². The van der Waals surface area contributed by atoms with Gasteiger partial charge in [0.15, 0.2) is 18.1 Å². The van der Waals surface area contributed by atoms with Crippen molar-refractivity contribution >= 4 is 29.2 Å². The van der Waals surface area contributed by atoms with Gasteiger partial charge < -0.3 is 19.4 Å². The standard InChI is InChI=1S/C30H35FN4O4/c1-5-34(28(36)27-32-25-8-6-7-9-26(25)33-27)22-15-23(18-38-17-22)35(29(37)39-30(2,3)4)16-20-11-10-19-14-21(31)12-13-24(19)20/h6-9,12-14,16,20,22-23H,5,10-11,15,17-18H2,1-4H3/p+1/b35-16-/t20?,22?,23-/m0/s1. The van der Waals surface area contributed by atoms with E-state index >= 15 is 0 Å². The van der Waals surface area contributed by atoms with E-state index < -0.39 is 11.7 Å². The fraction of sp³-hybridized carbons (Fsp3) is 0.467. The molecule has 9 heteroatoms. The van der Waals surface area contributed by atoms with Crippen molar-refractivity contribution in [2.45, 2.75) is 70.6 Å². The largest absolute Gasteiger partial charge is 0.596 e. The van der Waals surface area contributed by atoms with Crippen molar-refractivity contribution in [1.82, 2.24) is 14.9 Å². The van der Waals surface area contributed by atoms with Gasteiger partial charge in [0.05, 0.1) is 29.6 Å². The number of halogens is 1. The van der Waals surface area contributed by atoms with Crippen LogP contribution in [0.3, 0.4) is 0 Å². The van der Waals surface area contributed by atoms with E-state index in [0.717, 1.165) is 35.0 Å². The van der Waals surface area contributed by atoms with E-state index in [9.17, 15) is 14.0 Å². The maximum absolute atomic E-state index is 13.8. The van der Waals surface area contributed by atoms with Crippen LogP contribution in [-0.2, 0) is 15.9 Å². The summed E-state index contributed by atoms with van der Waals surface area (Å²) in [6.07, 6.45) is 3.50.